The molecule has 0 fully saturated rings. The molecule has 3 heteroatoms. The van der Waals surface area contributed by atoms with Gasteiger partial charge in [0.2, 0.25) is 0 Å². The number of ether oxygens (including phenoxy) is 2. The maximum absolute atomic E-state index is 11.5. The summed E-state index contributed by atoms with van der Waals surface area (Å²) < 4.78 is 10.3. The smallest absolute Gasteiger partial charge is 0.314 e. The highest BCUT2D eigenvalue weighted by Gasteiger charge is 2.14. The minimum atomic E-state index is -0.220. The Hall–Kier alpha value is -1.51. The zero-order valence-electron chi connectivity index (χ0n) is 9.32. The van der Waals surface area contributed by atoms with Crippen LogP contribution in [0.5, 0.6) is 11.5 Å². The highest BCUT2D eigenvalue weighted by Crippen LogP contribution is 2.26. The fourth-order valence-corrected chi connectivity index (χ4v) is 1.08. The van der Waals surface area contributed by atoms with E-state index in [4.69, 9.17) is 9.47 Å². The third-order valence-corrected chi connectivity index (χ3v) is 2.29. The molecule has 1 unspecified atom stereocenters. The van der Waals surface area contributed by atoms with Gasteiger partial charge in [-0.25, -0.2) is 0 Å². The average Bonchev–Trinajstić information content (AvgIpc) is 2.28. The van der Waals surface area contributed by atoms with E-state index in [0.29, 0.717) is 11.5 Å². The summed E-state index contributed by atoms with van der Waals surface area (Å²) in [6.07, 6.45) is 0.772. The van der Waals surface area contributed by atoms with E-state index in [1.165, 1.54) is 0 Å². The van der Waals surface area contributed by atoms with Crippen molar-refractivity contribution in [1.29, 1.82) is 0 Å². The molecule has 0 aliphatic carbocycles. The van der Waals surface area contributed by atoms with E-state index in [9.17, 15) is 4.79 Å². The van der Waals surface area contributed by atoms with Gasteiger partial charge in [-0.1, -0.05) is 26.0 Å². The minimum absolute atomic E-state index is 0.0880. The minimum Gasteiger partial charge on any atom is -0.493 e. The Morgan fingerprint density at radius 3 is 2.47 bits per heavy atom. The second kappa shape index (κ2) is 5.39. The van der Waals surface area contributed by atoms with Crippen molar-refractivity contribution in [2.24, 2.45) is 5.92 Å². The van der Waals surface area contributed by atoms with Crippen LogP contribution in [0.1, 0.15) is 20.3 Å². The first-order valence-corrected chi connectivity index (χ1v) is 5.03. The summed E-state index contributed by atoms with van der Waals surface area (Å²) in [6.45, 7) is 3.80. The molecule has 15 heavy (non-hydrogen) atoms. The lowest BCUT2D eigenvalue weighted by Crippen LogP contribution is -2.17. The first kappa shape index (κ1) is 11.6. The number of carbonyl (C=O) groups excluding carboxylic acids is 1. The number of carbonyl (C=O) groups is 1. The molecule has 0 saturated heterocycles. The summed E-state index contributed by atoms with van der Waals surface area (Å²) in [7, 11) is 1.55. The van der Waals surface area contributed by atoms with Crippen molar-refractivity contribution in [3.8, 4) is 11.5 Å². The van der Waals surface area contributed by atoms with Crippen molar-refractivity contribution in [3.05, 3.63) is 24.3 Å². The van der Waals surface area contributed by atoms with Crippen LogP contribution in [0.15, 0.2) is 24.3 Å². The topological polar surface area (TPSA) is 35.5 Å². The number of methoxy groups -OCH3 is 1. The van der Waals surface area contributed by atoms with E-state index < -0.39 is 0 Å². The van der Waals surface area contributed by atoms with E-state index in [1.807, 2.05) is 26.0 Å². The number of benzene rings is 1. The number of rotatable bonds is 4. The van der Waals surface area contributed by atoms with Gasteiger partial charge < -0.3 is 9.47 Å². The maximum Gasteiger partial charge on any atom is 0.314 e. The Balaban J connectivity index is 2.76. The van der Waals surface area contributed by atoms with E-state index in [-0.39, 0.29) is 11.9 Å². The summed E-state index contributed by atoms with van der Waals surface area (Å²) in [6, 6.07) is 7.12. The van der Waals surface area contributed by atoms with Gasteiger partial charge in [0, 0.05) is 0 Å². The molecule has 0 N–H and O–H groups in total. The van der Waals surface area contributed by atoms with Crippen molar-refractivity contribution in [2.75, 3.05) is 7.11 Å². The van der Waals surface area contributed by atoms with Gasteiger partial charge in [0.05, 0.1) is 13.0 Å². The summed E-state index contributed by atoms with van der Waals surface area (Å²) in [4.78, 5) is 11.5. The van der Waals surface area contributed by atoms with Crippen molar-refractivity contribution < 1.29 is 14.3 Å². The Kier molecular flexibility index (Phi) is 4.16. The van der Waals surface area contributed by atoms with Gasteiger partial charge in [-0.2, -0.15) is 0 Å². The Morgan fingerprint density at radius 1 is 1.33 bits per heavy atom. The van der Waals surface area contributed by atoms with Crippen molar-refractivity contribution in [3.63, 3.8) is 0 Å². The van der Waals surface area contributed by atoms with Crippen LogP contribution in [0.4, 0.5) is 0 Å². The maximum atomic E-state index is 11.5. The van der Waals surface area contributed by atoms with Gasteiger partial charge in [-0.3, -0.25) is 4.79 Å². The first-order chi connectivity index (χ1) is 7.19. The highest BCUT2D eigenvalue weighted by atomic mass is 16.6. The third-order valence-electron chi connectivity index (χ3n) is 2.29. The van der Waals surface area contributed by atoms with Crippen molar-refractivity contribution in [2.45, 2.75) is 20.3 Å². The average molecular weight is 208 g/mol. The van der Waals surface area contributed by atoms with Gasteiger partial charge in [0.25, 0.3) is 0 Å². The molecule has 1 atom stereocenters. The van der Waals surface area contributed by atoms with Crippen molar-refractivity contribution >= 4 is 5.97 Å². The number of para-hydroxylation sites is 2. The molecule has 1 aromatic rings. The van der Waals surface area contributed by atoms with E-state index in [1.54, 1.807) is 19.2 Å². The van der Waals surface area contributed by atoms with Crippen LogP contribution in [0.25, 0.3) is 0 Å². The Bertz CT molecular complexity index is 333. The molecular formula is C12H16O3. The summed E-state index contributed by atoms with van der Waals surface area (Å²) >= 11 is 0. The van der Waals surface area contributed by atoms with Gasteiger partial charge >= 0.3 is 5.97 Å². The molecule has 0 heterocycles. The summed E-state index contributed by atoms with van der Waals surface area (Å²) in [5.41, 5.74) is 0. The molecular weight excluding hydrogens is 192 g/mol. The van der Waals surface area contributed by atoms with Crippen LogP contribution in [0.2, 0.25) is 0 Å². The zero-order valence-corrected chi connectivity index (χ0v) is 9.32. The zero-order chi connectivity index (χ0) is 11.3. The molecule has 1 rings (SSSR count). The number of hydrogen-bond acceptors (Lipinski definition) is 3. The molecule has 0 saturated carbocycles. The molecule has 0 bridgehead atoms. The molecule has 0 amide bonds. The highest BCUT2D eigenvalue weighted by molar-refractivity contribution is 5.75. The Labute approximate surface area is 90.0 Å². The second-order valence-corrected chi connectivity index (χ2v) is 3.38. The fraction of sp³-hybridized carbons (Fsp3) is 0.417. The number of hydrogen-bond donors (Lipinski definition) is 0. The van der Waals surface area contributed by atoms with Crippen LogP contribution in [-0.2, 0) is 4.79 Å². The van der Waals surface area contributed by atoms with Gasteiger partial charge in [0.15, 0.2) is 11.5 Å². The summed E-state index contributed by atoms with van der Waals surface area (Å²) in [5, 5.41) is 0. The van der Waals surface area contributed by atoms with Crippen molar-refractivity contribution in [1.82, 2.24) is 0 Å². The lowest BCUT2D eigenvalue weighted by atomic mass is 10.1. The summed E-state index contributed by atoms with van der Waals surface area (Å²) in [5.74, 6) is 0.747. The van der Waals surface area contributed by atoms with Crippen LogP contribution >= 0.6 is 0 Å². The van der Waals surface area contributed by atoms with Gasteiger partial charge in [0.1, 0.15) is 0 Å². The SMILES string of the molecule is CCC(C)C(=O)Oc1ccccc1OC. The molecule has 0 aliphatic rings. The predicted octanol–water partition coefficient (Wildman–Crippen LogP) is 2.65. The lowest BCUT2D eigenvalue weighted by molar-refractivity contribution is -0.138. The molecule has 1 aromatic carbocycles. The Morgan fingerprint density at radius 2 is 1.93 bits per heavy atom. The third kappa shape index (κ3) is 2.98. The van der Waals surface area contributed by atoms with Gasteiger partial charge in [-0.15, -0.1) is 0 Å². The largest absolute Gasteiger partial charge is 0.493 e. The normalized spacial score (nSPS) is 11.9. The van der Waals surface area contributed by atoms with Crippen LogP contribution in [0.3, 0.4) is 0 Å². The quantitative estimate of drug-likeness (QED) is 0.563. The van der Waals surface area contributed by atoms with E-state index >= 15 is 0 Å². The first-order valence-electron chi connectivity index (χ1n) is 5.03. The van der Waals surface area contributed by atoms with E-state index in [2.05, 4.69) is 0 Å². The monoisotopic (exact) mass is 208 g/mol. The fourth-order valence-electron chi connectivity index (χ4n) is 1.08. The second-order valence-electron chi connectivity index (χ2n) is 3.38. The molecule has 0 radical (unpaired) electrons. The van der Waals surface area contributed by atoms with Crippen LogP contribution < -0.4 is 9.47 Å². The molecule has 0 spiro atoms. The van der Waals surface area contributed by atoms with E-state index in [0.717, 1.165) is 6.42 Å². The molecule has 82 valence electrons. The standard InChI is InChI=1S/C12H16O3/c1-4-9(2)12(13)15-11-8-6-5-7-10(11)14-3/h5-9H,4H2,1-3H3. The molecule has 0 aliphatic heterocycles. The lowest BCUT2D eigenvalue weighted by Gasteiger charge is -2.11. The molecule has 0 aromatic heterocycles. The van der Waals surface area contributed by atoms with Crippen LogP contribution in [-0.4, -0.2) is 13.1 Å². The van der Waals surface area contributed by atoms with Crippen LogP contribution in [0, 0.1) is 5.92 Å². The number of esters is 1. The molecule has 3 nitrogen and oxygen atoms in total. The van der Waals surface area contributed by atoms with Gasteiger partial charge in [-0.05, 0) is 18.6 Å². The predicted molar refractivity (Wildman–Crippen MR) is 58.1 cm³/mol.